The smallest absolute Gasteiger partial charge is 0.310 e. The molecular formula is C10H12ClN3O3S. The van der Waals surface area contributed by atoms with Crippen molar-refractivity contribution in [3.8, 4) is 0 Å². The SMILES string of the molecule is COC(=O)C1CCCN(C(=O)c2nnc(Cl)s2)C1. The Morgan fingerprint density at radius 1 is 1.50 bits per heavy atom. The van der Waals surface area contributed by atoms with Crippen molar-refractivity contribution in [3.05, 3.63) is 9.47 Å². The topological polar surface area (TPSA) is 72.4 Å². The fraction of sp³-hybridized carbons (Fsp3) is 0.600. The number of nitrogens with zero attached hydrogens (tertiary/aromatic N) is 3. The van der Waals surface area contributed by atoms with Crippen molar-refractivity contribution in [2.24, 2.45) is 5.92 Å². The summed E-state index contributed by atoms with van der Waals surface area (Å²) in [6.45, 7) is 0.978. The first-order valence-corrected chi connectivity index (χ1v) is 6.67. The molecular weight excluding hydrogens is 278 g/mol. The molecule has 8 heteroatoms. The summed E-state index contributed by atoms with van der Waals surface area (Å²) in [5.74, 6) is -0.758. The highest BCUT2D eigenvalue weighted by atomic mass is 35.5. The molecule has 18 heavy (non-hydrogen) atoms. The number of likely N-dealkylation sites (tertiary alicyclic amines) is 1. The fourth-order valence-electron chi connectivity index (χ4n) is 1.95. The summed E-state index contributed by atoms with van der Waals surface area (Å²) in [4.78, 5) is 25.2. The number of piperidine rings is 1. The number of carbonyl (C=O) groups excluding carboxylic acids is 2. The largest absolute Gasteiger partial charge is 0.469 e. The molecule has 98 valence electrons. The van der Waals surface area contributed by atoms with Crippen LogP contribution in [0.25, 0.3) is 0 Å². The van der Waals surface area contributed by atoms with Gasteiger partial charge in [0.05, 0.1) is 13.0 Å². The lowest BCUT2D eigenvalue weighted by molar-refractivity contribution is -0.146. The first-order chi connectivity index (χ1) is 8.61. The van der Waals surface area contributed by atoms with Gasteiger partial charge in [-0.3, -0.25) is 9.59 Å². The van der Waals surface area contributed by atoms with Crippen LogP contribution in [-0.4, -0.2) is 47.2 Å². The zero-order valence-electron chi connectivity index (χ0n) is 9.76. The number of amides is 1. The number of hydrogen-bond donors (Lipinski definition) is 0. The minimum Gasteiger partial charge on any atom is -0.469 e. The predicted molar refractivity (Wildman–Crippen MR) is 65.6 cm³/mol. The number of methoxy groups -OCH3 is 1. The molecule has 1 aromatic rings. The van der Waals surface area contributed by atoms with E-state index in [-0.39, 0.29) is 27.3 Å². The second-order valence-electron chi connectivity index (χ2n) is 3.97. The molecule has 1 atom stereocenters. The van der Waals surface area contributed by atoms with Crippen LogP contribution in [0.1, 0.15) is 22.6 Å². The molecule has 1 fully saturated rings. The Bertz CT molecular complexity index is 465. The summed E-state index contributed by atoms with van der Waals surface area (Å²) in [6.07, 6.45) is 1.52. The van der Waals surface area contributed by atoms with Crippen LogP contribution in [-0.2, 0) is 9.53 Å². The van der Waals surface area contributed by atoms with E-state index in [0.717, 1.165) is 24.2 Å². The van der Waals surface area contributed by atoms with Gasteiger partial charge in [-0.1, -0.05) is 11.3 Å². The number of rotatable bonds is 2. The minimum absolute atomic E-state index is 0.229. The van der Waals surface area contributed by atoms with Crippen molar-refractivity contribution >= 4 is 34.8 Å². The monoisotopic (exact) mass is 289 g/mol. The van der Waals surface area contributed by atoms with Crippen LogP contribution in [0.2, 0.25) is 4.47 Å². The summed E-state index contributed by atoms with van der Waals surface area (Å²) >= 11 is 6.69. The lowest BCUT2D eigenvalue weighted by Gasteiger charge is -2.30. The van der Waals surface area contributed by atoms with Crippen LogP contribution < -0.4 is 0 Å². The molecule has 2 rings (SSSR count). The molecule has 1 aromatic heterocycles. The normalized spacial score (nSPS) is 19.7. The van der Waals surface area contributed by atoms with Crippen LogP contribution in [0.3, 0.4) is 0 Å². The van der Waals surface area contributed by atoms with Crippen molar-refractivity contribution in [1.29, 1.82) is 0 Å². The molecule has 2 heterocycles. The van der Waals surface area contributed by atoms with E-state index in [1.54, 1.807) is 4.90 Å². The molecule has 1 aliphatic rings. The first kappa shape index (κ1) is 13.2. The van der Waals surface area contributed by atoms with E-state index < -0.39 is 0 Å². The van der Waals surface area contributed by atoms with Gasteiger partial charge in [0.1, 0.15) is 0 Å². The Morgan fingerprint density at radius 2 is 2.28 bits per heavy atom. The Morgan fingerprint density at radius 3 is 2.89 bits per heavy atom. The van der Waals surface area contributed by atoms with Crippen LogP contribution >= 0.6 is 22.9 Å². The van der Waals surface area contributed by atoms with Gasteiger partial charge in [0, 0.05) is 13.1 Å². The maximum Gasteiger partial charge on any atom is 0.310 e. The lowest BCUT2D eigenvalue weighted by Crippen LogP contribution is -2.42. The van der Waals surface area contributed by atoms with E-state index in [4.69, 9.17) is 16.3 Å². The van der Waals surface area contributed by atoms with Crippen LogP contribution in [0.15, 0.2) is 0 Å². The molecule has 0 N–H and O–H groups in total. The number of esters is 1. The first-order valence-electron chi connectivity index (χ1n) is 5.48. The molecule has 0 bridgehead atoms. The van der Waals surface area contributed by atoms with E-state index in [1.807, 2.05) is 0 Å². The molecule has 1 aliphatic heterocycles. The molecule has 0 spiro atoms. The van der Waals surface area contributed by atoms with E-state index in [0.29, 0.717) is 13.1 Å². The highest BCUT2D eigenvalue weighted by Gasteiger charge is 2.30. The summed E-state index contributed by atoms with van der Waals surface area (Å²) < 4.78 is 4.94. The summed E-state index contributed by atoms with van der Waals surface area (Å²) in [5.41, 5.74) is 0. The maximum absolute atomic E-state index is 12.1. The van der Waals surface area contributed by atoms with Crippen molar-refractivity contribution in [2.45, 2.75) is 12.8 Å². The molecule has 0 saturated carbocycles. The van der Waals surface area contributed by atoms with Gasteiger partial charge in [0.2, 0.25) is 9.47 Å². The number of hydrogen-bond acceptors (Lipinski definition) is 6. The quantitative estimate of drug-likeness (QED) is 0.765. The molecule has 1 unspecified atom stereocenters. The number of halogens is 1. The highest BCUT2D eigenvalue weighted by Crippen LogP contribution is 2.22. The van der Waals surface area contributed by atoms with Gasteiger partial charge < -0.3 is 9.64 Å². The van der Waals surface area contributed by atoms with E-state index in [1.165, 1.54) is 7.11 Å². The van der Waals surface area contributed by atoms with Crippen molar-refractivity contribution in [3.63, 3.8) is 0 Å². The average Bonchev–Trinajstić information content (AvgIpc) is 2.83. The zero-order valence-corrected chi connectivity index (χ0v) is 11.3. The number of aromatic nitrogens is 2. The molecule has 0 aromatic carbocycles. The number of carbonyl (C=O) groups is 2. The summed E-state index contributed by atoms with van der Waals surface area (Å²) in [5, 5.41) is 7.56. The van der Waals surface area contributed by atoms with Gasteiger partial charge >= 0.3 is 5.97 Å². The molecule has 1 saturated heterocycles. The third-order valence-corrected chi connectivity index (χ3v) is 3.83. The Hall–Kier alpha value is -1.21. The van der Waals surface area contributed by atoms with E-state index in [2.05, 4.69) is 10.2 Å². The van der Waals surface area contributed by atoms with Crippen molar-refractivity contribution in [1.82, 2.24) is 15.1 Å². The Labute approximate surface area is 113 Å². The minimum atomic E-state index is -0.275. The molecule has 1 amide bonds. The van der Waals surface area contributed by atoms with Gasteiger partial charge in [-0.2, -0.15) is 0 Å². The van der Waals surface area contributed by atoms with Gasteiger partial charge in [0.15, 0.2) is 0 Å². The molecule has 0 aliphatic carbocycles. The van der Waals surface area contributed by atoms with Gasteiger partial charge in [-0.15, -0.1) is 10.2 Å². The van der Waals surface area contributed by atoms with Crippen LogP contribution in [0, 0.1) is 5.92 Å². The lowest BCUT2D eigenvalue weighted by atomic mass is 9.98. The third-order valence-electron chi connectivity index (χ3n) is 2.83. The molecule has 6 nitrogen and oxygen atoms in total. The second-order valence-corrected chi connectivity index (χ2v) is 5.53. The zero-order chi connectivity index (χ0) is 13.1. The highest BCUT2D eigenvalue weighted by molar-refractivity contribution is 7.17. The fourth-order valence-corrected chi connectivity index (χ4v) is 2.74. The average molecular weight is 290 g/mol. The van der Waals surface area contributed by atoms with E-state index in [9.17, 15) is 9.59 Å². The third kappa shape index (κ3) is 2.78. The van der Waals surface area contributed by atoms with Gasteiger partial charge in [0.25, 0.3) is 5.91 Å². The van der Waals surface area contributed by atoms with Gasteiger partial charge in [-0.05, 0) is 24.4 Å². The van der Waals surface area contributed by atoms with E-state index >= 15 is 0 Å². The maximum atomic E-state index is 12.1. The summed E-state index contributed by atoms with van der Waals surface area (Å²) in [7, 11) is 1.35. The Kier molecular flexibility index (Phi) is 4.13. The number of ether oxygens (including phenoxy) is 1. The van der Waals surface area contributed by atoms with Crippen LogP contribution in [0.5, 0.6) is 0 Å². The molecule has 0 radical (unpaired) electrons. The summed E-state index contributed by atoms with van der Waals surface area (Å²) in [6, 6.07) is 0. The predicted octanol–water partition coefficient (Wildman–Crippen LogP) is 1.22. The van der Waals surface area contributed by atoms with Crippen molar-refractivity contribution < 1.29 is 14.3 Å². The standard InChI is InChI=1S/C10H12ClN3O3S/c1-17-9(16)6-3-2-4-14(5-6)8(15)7-12-13-10(11)18-7/h6H,2-5H2,1H3. The van der Waals surface area contributed by atoms with Crippen molar-refractivity contribution in [2.75, 3.05) is 20.2 Å². The van der Waals surface area contributed by atoms with Crippen LogP contribution in [0.4, 0.5) is 0 Å². The van der Waals surface area contributed by atoms with Gasteiger partial charge in [-0.25, -0.2) is 0 Å². The Balaban J connectivity index is 2.05. The second kappa shape index (κ2) is 5.62.